The highest BCUT2D eigenvalue weighted by Gasteiger charge is 2.33. The van der Waals surface area contributed by atoms with Crippen LogP contribution in [-0.2, 0) is 29.1 Å². The van der Waals surface area contributed by atoms with E-state index in [1.54, 1.807) is 40.9 Å². The Balaban J connectivity index is 1.51. The summed E-state index contributed by atoms with van der Waals surface area (Å²) < 4.78 is 26.5. The van der Waals surface area contributed by atoms with Gasteiger partial charge in [0, 0.05) is 24.3 Å². The second-order valence-electron chi connectivity index (χ2n) is 8.30. The van der Waals surface area contributed by atoms with Crippen molar-refractivity contribution < 1.29 is 18.4 Å². The lowest BCUT2D eigenvalue weighted by Crippen LogP contribution is -2.39. The summed E-state index contributed by atoms with van der Waals surface area (Å²) in [7, 11) is 0. The van der Waals surface area contributed by atoms with E-state index in [9.17, 15) is 9.18 Å². The molecule has 0 saturated carbocycles. The van der Waals surface area contributed by atoms with Gasteiger partial charge in [0.25, 0.3) is 5.89 Å². The van der Waals surface area contributed by atoms with Crippen molar-refractivity contribution in [2.45, 2.75) is 40.3 Å². The molecule has 3 heterocycles. The van der Waals surface area contributed by atoms with Gasteiger partial charge in [-0.1, -0.05) is 31.1 Å². The molecule has 0 fully saturated rings. The number of carbonyl (C=O) groups excluding carboxylic acids is 1. The lowest BCUT2D eigenvalue weighted by atomic mass is 9.87. The number of rotatable bonds is 5. The fourth-order valence-corrected chi connectivity index (χ4v) is 3.74. The van der Waals surface area contributed by atoms with E-state index in [4.69, 9.17) is 9.26 Å². The number of aromatic nitrogens is 4. The van der Waals surface area contributed by atoms with Crippen molar-refractivity contribution in [2.24, 2.45) is 5.41 Å². The van der Waals surface area contributed by atoms with Gasteiger partial charge in [0.05, 0.1) is 6.20 Å². The first-order valence-electron chi connectivity index (χ1n) is 9.78. The molecule has 1 amide bonds. The van der Waals surface area contributed by atoms with Crippen LogP contribution in [0, 0.1) is 18.2 Å². The third-order valence-corrected chi connectivity index (χ3v) is 5.04. The Bertz CT molecular complexity index is 1060. The van der Waals surface area contributed by atoms with Crippen LogP contribution in [0.4, 0.5) is 4.39 Å². The highest BCUT2D eigenvalue weighted by molar-refractivity contribution is 5.77. The van der Waals surface area contributed by atoms with Crippen molar-refractivity contribution in [3.63, 3.8) is 0 Å². The topological polar surface area (TPSA) is 86.3 Å². The number of hydrogen-bond acceptors (Lipinski definition) is 6. The van der Waals surface area contributed by atoms with Gasteiger partial charge >= 0.3 is 0 Å². The van der Waals surface area contributed by atoms with E-state index in [0.717, 1.165) is 11.3 Å². The van der Waals surface area contributed by atoms with Gasteiger partial charge in [-0.2, -0.15) is 10.1 Å². The second-order valence-corrected chi connectivity index (χ2v) is 8.30. The van der Waals surface area contributed by atoms with E-state index < -0.39 is 0 Å². The quantitative estimate of drug-likeness (QED) is 0.639. The molecule has 2 aromatic heterocycles. The summed E-state index contributed by atoms with van der Waals surface area (Å²) >= 11 is 0. The normalized spacial score (nSPS) is 15.7. The smallest absolute Gasteiger partial charge is 0.252 e. The third-order valence-electron chi connectivity index (χ3n) is 5.04. The second kappa shape index (κ2) is 7.98. The molecule has 9 heteroatoms. The van der Waals surface area contributed by atoms with Gasteiger partial charge in [0.15, 0.2) is 5.82 Å². The lowest BCUT2D eigenvalue weighted by molar-refractivity contribution is -0.138. The molecule has 0 radical (unpaired) electrons. The maximum absolute atomic E-state index is 14.3. The van der Waals surface area contributed by atoms with Crippen molar-refractivity contribution in [1.82, 2.24) is 24.8 Å². The Hall–Kier alpha value is -3.07. The van der Waals surface area contributed by atoms with Gasteiger partial charge in [-0.25, -0.2) is 9.07 Å². The number of halogens is 1. The molecule has 0 saturated heterocycles. The van der Waals surface area contributed by atoms with Crippen molar-refractivity contribution in [2.75, 3.05) is 13.2 Å². The Morgan fingerprint density at radius 1 is 1.33 bits per heavy atom. The molecule has 0 spiro atoms. The summed E-state index contributed by atoms with van der Waals surface area (Å²) in [6.07, 6.45) is 2.38. The summed E-state index contributed by atoms with van der Waals surface area (Å²) in [4.78, 5) is 18.6. The van der Waals surface area contributed by atoms with Crippen molar-refractivity contribution in [3.05, 3.63) is 59.3 Å². The maximum atomic E-state index is 14.3. The van der Waals surface area contributed by atoms with Crippen LogP contribution >= 0.6 is 0 Å². The standard InChI is InChI=1S/C21H24FN5O3/c1-14-24-19(30-25-14)11-29-12-20(28)26-10-15-9-23-27(17-7-5-4-6-16(17)22)18(15)8-21(2,3)13-26/h4-7,9H,8,10-13H2,1-3H3. The first-order valence-corrected chi connectivity index (χ1v) is 9.78. The van der Waals surface area contributed by atoms with Crippen LogP contribution in [0.15, 0.2) is 35.0 Å². The average molecular weight is 413 g/mol. The molecular formula is C21H24FN5O3. The summed E-state index contributed by atoms with van der Waals surface area (Å²) in [5.41, 5.74) is 2.02. The Labute approximate surface area is 173 Å². The van der Waals surface area contributed by atoms with Gasteiger partial charge in [-0.05, 0) is 30.9 Å². The fraction of sp³-hybridized carbons (Fsp3) is 0.429. The molecule has 0 aliphatic carbocycles. The number of ether oxygens (including phenoxy) is 1. The monoisotopic (exact) mass is 413 g/mol. The summed E-state index contributed by atoms with van der Waals surface area (Å²) in [6, 6.07) is 6.56. The van der Waals surface area contributed by atoms with Crippen LogP contribution in [0.5, 0.6) is 0 Å². The van der Waals surface area contributed by atoms with Crippen LogP contribution in [0.25, 0.3) is 5.69 Å². The fourth-order valence-electron chi connectivity index (χ4n) is 3.74. The summed E-state index contributed by atoms with van der Waals surface area (Å²) in [5, 5.41) is 8.11. The number of amides is 1. The van der Waals surface area contributed by atoms with Gasteiger partial charge in [0.2, 0.25) is 5.91 Å². The van der Waals surface area contributed by atoms with Crippen molar-refractivity contribution in [3.8, 4) is 5.69 Å². The zero-order valence-corrected chi connectivity index (χ0v) is 17.3. The zero-order chi connectivity index (χ0) is 21.3. The van der Waals surface area contributed by atoms with Crippen molar-refractivity contribution >= 4 is 5.91 Å². The molecule has 8 nitrogen and oxygen atoms in total. The van der Waals surface area contributed by atoms with Crippen molar-refractivity contribution in [1.29, 1.82) is 0 Å². The number of benzene rings is 1. The molecule has 0 N–H and O–H groups in total. The van der Waals surface area contributed by atoms with Crippen LogP contribution in [0.3, 0.4) is 0 Å². The SMILES string of the molecule is Cc1noc(COCC(=O)N2Cc3cnn(-c4ccccc4F)c3CC(C)(C)C2)n1. The van der Waals surface area contributed by atoms with Crippen LogP contribution in [0.2, 0.25) is 0 Å². The first kappa shape index (κ1) is 20.2. The van der Waals surface area contributed by atoms with E-state index in [2.05, 4.69) is 29.1 Å². The highest BCUT2D eigenvalue weighted by Crippen LogP contribution is 2.32. The molecule has 1 aromatic carbocycles. The number of para-hydroxylation sites is 1. The minimum Gasteiger partial charge on any atom is -0.362 e. The summed E-state index contributed by atoms with van der Waals surface area (Å²) in [5.74, 6) is 0.396. The molecule has 1 aliphatic rings. The molecule has 30 heavy (non-hydrogen) atoms. The minimum atomic E-state index is -0.331. The van der Waals surface area contributed by atoms with Gasteiger partial charge in [0.1, 0.15) is 24.7 Å². The molecule has 0 bridgehead atoms. The van der Waals surface area contributed by atoms with E-state index in [-0.39, 0.29) is 30.4 Å². The summed E-state index contributed by atoms with van der Waals surface area (Å²) in [6.45, 7) is 6.84. The number of aryl methyl sites for hydroxylation is 1. The van der Waals surface area contributed by atoms with E-state index >= 15 is 0 Å². The van der Waals surface area contributed by atoms with Gasteiger partial charge in [-0.3, -0.25) is 4.79 Å². The van der Waals surface area contributed by atoms with E-state index in [1.165, 1.54) is 6.07 Å². The molecule has 158 valence electrons. The number of nitrogens with zero attached hydrogens (tertiary/aromatic N) is 5. The predicted octanol–water partition coefficient (Wildman–Crippen LogP) is 2.83. The Morgan fingerprint density at radius 2 is 2.13 bits per heavy atom. The number of hydrogen-bond donors (Lipinski definition) is 0. The van der Waals surface area contributed by atoms with Gasteiger partial charge in [-0.15, -0.1) is 0 Å². The Morgan fingerprint density at radius 3 is 2.87 bits per heavy atom. The first-order chi connectivity index (χ1) is 14.3. The molecule has 4 rings (SSSR count). The number of fused-ring (bicyclic) bond motifs is 1. The lowest BCUT2D eigenvalue weighted by Gasteiger charge is -2.29. The average Bonchev–Trinajstić information content (AvgIpc) is 3.24. The van der Waals surface area contributed by atoms with E-state index in [1.807, 2.05) is 0 Å². The van der Waals surface area contributed by atoms with Crippen LogP contribution in [-0.4, -0.2) is 43.9 Å². The molecule has 1 aliphatic heterocycles. The maximum Gasteiger partial charge on any atom is 0.252 e. The van der Waals surface area contributed by atoms with Crippen LogP contribution in [0.1, 0.15) is 36.8 Å². The van der Waals surface area contributed by atoms with Crippen LogP contribution < -0.4 is 0 Å². The highest BCUT2D eigenvalue weighted by atomic mass is 19.1. The third kappa shape index (κ3) is 4.25. The molecule has 0 atom stereocenters. The largest absolute Gasteiger partial charge is 0.362 e. The zero-order valence-electron chi connectivity index (χ0n) is 17.3. The predicted molar refractivity (Wildman–Crippen MR) is 105 cm³/mol. The van der Waals surface area contributed by atoms with E-state index in [0.29, 0.717) is 36.9 Å². The minimum absolute atomic E-state index is 0.0836. The molecule has 0 unspecified atom stereocenters. The number of carbonyl (C=O) groups is 1. The van der Waals surface area contributed by atoms with Gasteiger partial charge < -0.3 is 14.2 Å². The Kier molecular flexibility index (Phi) is 5.38. The molecule has 3 aromatic rings. The molecular weight excluding hydrogens is 389 g/mol.